The third kappa shape index (κ3) is 1.94. The number of benzene rings is 1. The fourth-order valence-electron chi connectivity index (χ4n) is 2.65. The molecule has 1 fully saturated rings. The predicted molar refractivity (Wildman–Crippen MR) is 68.3 cm³/mol. The molecule has 1 aromatic carbocycles. The summed E-state index contributed by atoms with van der Waals surface area (Å²) in [5.74, 6) is -1.68. The fraction of sp³-hybridized carbons (Fsp3) is 0.357. The third-order valence-electron chi connectivity index (χ3n) is 3.82. The molecule has 19 heavy (non-hydrogen) atoms. The Hall–Kier alpha value is -1.75. The minimum Gasteiger partial charge on any atom is -0.316 e. The molecule has 0 radical (unpaired) electrons. The van der Waals surface area contributed by atoms with Crippen molar-refractivity contribution in [3.8, 4) is 5.69 Å². The van der Waals surface area contributed by atoms with E-state index in [1.54, 1.807) is 16.8 Å². The molecule has 1 aromatic heterocycles. The first-order valence-corrected chi connectivity index (χ1v) is 6.30. The quantitative estimate of drug-likeness (QED) is 0.901. The summed E-state index contributed by atoms with van der Waals surface area (Å²) in [7, 11) is 0. The first kappa shape index (κ1) is 12.3. The van der Waals surface area contributed by atoms with Crippen molar-refractivity contribution >= 4 is 0 Å². The van der Waals surface area contributed by atoms with Crippen molar-refractivity contribution in [2.75, 3.05) is 13.1 Å². The molecule has 2 heterocycles. The molecule has 1 unspecified atom stereocenters. The molecule has 5 heteroatoms. The van der Waals surface area contributed by atoms with Gasteiger partial charge in [-0.3, -0.25) is 4.57 Å². The number of rotatable bonds is 2. The minimum atomic E-state index is -0.841. The summed E-state index contributed by atoms with van der Waals surface area (Å²) in [5.41, 5.74) is 1.01. The Kier molecular flexibility index (Phi) is 2.86. The zero-order valence-electron chi connectivity index (χ0n) is 10.7. The van der Waals surface area contributed by atoms with Crippen molar-refractivity contribution in [1.29, 1.82) is 0 Å². The normalized spacial score (nSPS) is 22.9. The van der Waals surface area contributed by atoms with Gasteiger partial charge in [-0.25, -0.2) is 13.8 Å². The number of nitrogens with one attached hydrogen (secondary N) is 1. The predicted octanol–water partition coefficient (Wildman–Crippen LogP) is 2.40. The lowest BCUT2D eigenvalue weighted by atomic mass is 9.86. The number of hydrogen-bond acceptors (Lipinski definition) is 2. The van der Waals surface area contributed by atoms with Crippen LogP contribution in [0.25, 0.3) is 5.69 Å². The first-order chi connectivity index (χ1) is 9.12. The molecule has 1 N–H and O–H groups in total. The molecule has 2 aromatic rings. The fourth-order valence-corrected chi connectivity index (χ4v) is 2.65. The lowest BCUT2D eigenvalue weighted by molar-refractivity contribution is 0.482. The number of aromatic nitrogens is 2. The summed E-state index contributed by atoms with van der Waals surface area (Å²) in [6, 6.07) is 4.19. The highest BCUT2D eigenvalue weighted by Gasteiger charge is 2.34. The van der Waals surface area contributed by atoms with Gasteiger partial charge in [0.2, 0.25) is 0 Å². The minimum absolute atomic E-state index is 0.102. The zero-order chi connectivity index (χ0) is 13.5. The van der Waals surface area contributed by atoms with Gasteiger partial charge >= 0.3 is 0 Å². The van der Waals surface area contributed by atoms with Crippen LogP contribution in [0.4, 0.5) is 8.78 Å². The van der Waals surface area contributed by atoms with Gasteiger partial charge in [0.25, 0.3) is 0 Å². The van der Waals surface area contributed by atoms with Crippen LogP contribution >= 0.6 is 0 Å². The lowest BCUT2D eigenvalue weighted by Gasteiger charge is -2.24. The Bertz CT molecular complexity index is 600. The zero-order valence-corrected chi connectivity index (χ0v) is 10.7. The van der Waals surface area contributed by atoms with E-state index in [0.717, 1.165) is 31.3 Å². The van der Waals surface area contributed by atoms with Crippen LogP contribution in [-0.2, 0) is 5.41 Å². The highest BCUT2D eigenvalue weighted by molar-refractivity contribution is 5.38. The molecule has 3 rings (SSSR count). The Balaban J connectivity index is 2.12. The SMILES string of the molecule is CC1(c2cncn2-c2cccc(F)c2F)CCNC1. The maximum Gasteiger partial charge on any atom is 0.182 e. The molecule has 0 aliphatic carbocycles. The van der Waals surface area contributed by atoms with Gasteiger partial charge in [0.15, 0.2) is 11.6 Å². The summed E-state index contributed by atoms with van der Waals surface area (Å²) < 4.78 is 28.9. The summed E-state index contributed by atoms with van der Waals surface area (Å²) >= 11 is 0. The van der Waals surface area contributed by atoms with Crippen LogP contribution in [0.3, 0.4) is 0 Å². The van der Waals surface area contributed by atoms with E-state index in [0.29, 0.717) is 0 Å². The topological polar surface area (TPSA) is 29.9 Å². The summed E-state index contributed by atoms with van der Waals surface area (Å²) in [6.45, 7) is 3.85. The van der Waals surface area contributed by atoms with Crippen LogP contribution in [0.5, 0.6) is 0 Å². The highest BCUT2D eigenvalue weighted by Crippen LogP contribution is 2.32. The molecule has 0 saturated carbocycles. The third-order valence-corrected chi connectivity index (χ3v) is 3.82. The van der Waals surface area contributed by atoms with E-state index >= 15 is 0 Å². The molecule has 1 saturated heterocycles. The average Bonchev–Trinajstić information content (AvgIpc) is 3.02. The standard InChI is InChI=1S/C14H15F2N3/c1-14(5-6-17-8-14)12-7-18-9-19(12)11-4-2-3-10(15)13(11)16/h2-4,7,9,17H,5-6,8H2,1H3. The van der Waals surface area contributed by atoms with Crippen LogP contribution in [0.15, 0.2) is 30.7 Å². The molecule has 1 atom stereocenters. The second kappa shape index (κ2) is 4.42. The van der Waals surface area contributed by atoms with Gasteiger partial charge in [-0.2, -0.15) is 0 Å². The highest BCUT2D eigenvalue weighted by atomic mass is 19.2. The molecular formula is C14H15F2N3. The summed E-state index contributed by atoms with van der Waals surface area (Å²) in [4.78, 5) is 4.11. The monoisotopic (exact) mass is 263 g/mol. The van der Waals surface area contributed by atoms with Gasteiger partial charge in [0.05, 0.1) is 12.0 Å². The summed E-state index contributed by atoms with van der Waals surface area (Å²) in [5, 5.41) is 3.30. The molecule has 1 aliphatic heterocycles. The molecular weight excluding hydrogens is 248 g/mol. The van der Waals surface area contributed by atoms with E-state index < -0.39 is 11.6 Å². The van der Waals surface area contributed by atoms with Gasteiger partial charge in [-0.05, 0) is 25.1 Å². The molecule has 0 amide bonds. The van der Waals surface area contributed by atoms with Crippen LogP contribution < -0.4 is 5.32 Å². The van der Waals surface area contributed by atoms with Crippen molar-refractivity contribution in [3.05, 3.63) is 48.1 Å². The Morgan fingerprint density at radius 3 is 2.95 bits per heavy atom. The van der Waals surface area contributed by atoms with Crippen LogP contribution in [-0.4, -0.2) is 22.6 Å². The van der Waals surface area contributed by atoms with E-state index in [-0.39, 0.29) is 11.1 Å². The number of hydrogen-bond donors (Lipinski definition) is 1. The second-order valence-corrected chi connectivity index (χ2v) is 5.21. The van der Waals surface area contributed by atoms with Crippen LogP contribution in [0.2, 0.25) is 0 Å². The van der Waals surface area contributed by atoms with Crippen molar-refractivity contribution in [2.24, 2.45) is 0 Å². The van der Waals surface area contributed by atoms with E-state index in [2.05, 4.69) is 17.2 Å². The van der Waals surface area contributed by atoms with Gasteiger partial charge in [-0.15, -0.1) is 0 Å². The first-order valence-electron chi connectivity index (χ1n) is 6.30. The van der Waals surface area contributed by atoms with Gasteiger partial charge in [0, 0.05) is 23.9 Å². The van der Waals surface area contributed by atoms with Crippen molar-refractivity contribution in [2.45, 2.75) is 18.8 Å². The van der Waals surface area contributed by atoms with Gasteiger partial charge < -0.3 is 5.32 Å². The smallest absolute Gasteiger partial charge is 0.182 e. The van der Waals surface area contributed by atoms with Crippen LogP contribution in [0.1, 0.15) is 19.0 Å². The van der Waals surface area contributed by atoms with E-state index in [9.17, 15) is 8.78 Å². The van der Waals surface area contributed by atoms with Gasteiger partial charge in [-0.1, -0.05) is 13.0 Å². The average molecular weight is 263 g/mol. The van der Waals surface area contributed by atoms with Crippen molar-refractivity contribution in [3.63, 3.8) is 0 Å². The molecule has 3 nitrogen and oxygen atoms in total. The lowest BCUT2D eigenvalue weighted by Crippen LogP contribution is -2.27. The van der Waals surface area contributed by atoms with Crippen LogP contribution in [0, 0.1) is 11.6 Å². The molecule has 0 bridgehead atoms. The van der Waals surface area contributed by atoms with E-state index in [1.165, 1.54) is 12.4 Å². The Labute approximate surface area is 110 Å². The number of imidazole rings is 1. The molecule has 0 spiro atoms. The molecule has 100 valence electrons. The maximum absolute atomic E-state index is 13.9. The molecule has 1 aliphatic rings. The maximum atomic E-state index is 13.9. The Morgan fingerprint density at radius 2 is 2.21 bits per heavy atom. The Morgan fingerprint density at radius 1 is 1.37 bits per heavy atom. The van der Waals surface area contributed by atoms with E-state index in [4.69, 9.17) is 0 Å². The van der Waals surface area contributed by atoms with Crippen molar-refractivity contribution in [1.82, 2.24) is 14.9 Å². The largest absolute Gasteiger partial charge is 0.316 e. The van der Waals surface area contributed by atoms with Gasteiger partial charge in [0.1, 0.15) is 0 Å². The number of halogens is 2. The van der Waals surface area contributed by atoms with E-state index in [1.807, 2.05) is 0 Å². The second-order valence-electron chi connectivity index (χ2n) is 5.21. The van der Waals surface area contributed by atoms with Crippen molar-refractivity contribution < 1.29 is 8.78 Å². The number of nitrogens with zero attached hydrogens (tertiary/aromatic N) is 2. The summed E-state index contributed by atoms with van der Waals surface area (Å²) in [6.07, 6.45) is 4.23.